The first kappa shape index (κ1) is 13.5. The Morgan fingerprint density at radius 1 is 1.56 bits per heavy atom. The molecule has 0 aliphatic carbocycles. The second kappa shape index (κ2) is 6.21. The summed E-state index contributed by atoms with van der Waals surface area (Å²) < 4.78 is 0. The molecule has 4 heteroatoms. The number of likely N-dealkylation sites (N-methyl/N-ethyl adjacent to an activating group) is 1. The lowest BCUT2D eigenvalue weighted by molar-refractivity contribution is -0.134. The van der Waals surface area contributed by atoms with Crippen LogP contribution in [-0.2, 0) is 4.79 Å². The van der Waals surface area contributed by atoms with Gasteiger partial charge in [0, 0.05) is 25.0 Å². The summed E-state index contributed by atoms with van der Waals surface area (Å²) in [5.74, 6) is 0.433. The molecule has 2 atom stereocenters. The van der Waals surface area contributed by atoms with Crippen LogP contribution in [-0.4, -0.2) is 55.5 Å². The molecular weight excluding hydrogens is 202 g/mol. The molecule has 0 spiro atoms. The molecular formula is C12H25N3O. The predicted octanol–water partition coefficient (Wildman–Crippen LogP) is 0.524. The molecule has 1 fully saturated rings. The number of hydrogen-bond acceptors (Lipinski definition) is 3. The van der Waals surface area contributed by atoms with Gasteiger partial charge in [-0.05, 0) is 39.9 Å². The smallest absolute Gasteiger partial charge is 0.225 e. The third-order valence-electron chi connectivity index (χ3n) is 3.47. The minimum absolute atomic E-state index is 0.129. The van der Waals surface area contributed by atoms with Gasteiger partial charge in [-0.25, -0.2) is 0 Å². The normalized spacial score (nSPS) is 22.8. The Balaban J connectivity index is 2.38. The summed E-state index contributed by atoms with van der Waals surface area (Å²) in [5.41, 5.74) is 5.46. The van der Waals surface area contributed by atoms with E-state index in [9.17, 15) is 4.79 Å². The van der Waals surface area contributed by atoms with E-state index in [0.29, 0.717) is 18.5 Å². The lowest BCUT2D eigenvalue weighted by Crippen LogP contribution is -2.37. The van der Waals surface area contributed by atoms with Crippen molar-refractivity contribution in [3.63, 3.8) is 0 Å². The second-order valence-electron chi connectivity index (χ2n) is 5.02. The van der Waals surface area contributed by atoms with Crippen LogP contribution < -0.4 is 5.73 Å². The molecule has 16 heavy (non-hydrogen) atoms. The van der Waals surface area contributed by atoms with Gasteiger partial charge in [0.25, 0.3) is 0 Å². The molecule has 1 aliphatic heterocycles. The number of carbonyl (C=O) groups is 1. The first-order valence-corrected chi connectivity index (χ1v) is 6.21. The number of nitrogens with two attached hydrogens (primary N) is 1. The Morgan fingerprint density at radius 3 is 2.75 bits per heavy atom. The lowest BCUT2D eigenvalue weighted by atomic mass is 10.0. The molecule has 1 saturated heterocycles. The number of rotatable bonds is 5. The van der Waals surface area contributed by atoms with Gasteiger partial charge in [0.1, 0.15) is 0 Å². The Kier molecular flexibility index (Phi) is 5.22. The average molecular weight is 227 g/mol. The molecule has 0 radical (unpaired) electrons. The van der Waals surface area contributed by atoms with Crippen LogP contribution in [0.5, 0.6) is 0 Å². The first-order valence-electron chi connectivity index (χ1n) is 6.21. The highest BCUT2D eigenvalue weighted by Gasteiger charge is 2.29. The maximum absolute atomic E-state index is 12.1. The van der Waals surface area contributed by atoms with Crippen LogP contribution in [0.3, 0.4) is 0 Å². The molecule has 2 N–H and O–H groups in total. The Morgan fingerprint density at radius 2 is 2.25 bits per heavy atom. The van der Waals surface area contributed by atoms with Crippen molar-refractivity contribution in [2.45, 2.75) is 32.2 Å². The van der Waals surface area contributed by atoms with E-state index in [1.165, 1.54) is 0 Å². The van der Waals surface area contributed by atoms with E-state index in [0.717, 1.165) is 32.4 Å². The monoisotopic (exact) mass is 227 g/mol. The second-order valence-corrected chi connectivity index (χ2v) is 5.02. The zero-order valence-electron chi connectivity index (χ0n) is 10.8. The zero-order valence-corrected chi connectivity index (χ0v) is 10.8. The molecule has 0 bridgehead atoms. The predicted molar refractivity (Wildman–Crippen MR) is 66.1 cm³/mol. The van der Waals surface area contributed by atoms with Gasteiger partial charge in [-0.3, -0.25) is 4.79 Å². The molecule has 2 unspecified atom stereocenters. The van der Waals surface area contributed by atoms with Gasteiger partial charge in [-0.2, -0.15) is 0 Å². The third kappa shape index (κ3) is 3.46. The molecule has 0 aromatic rings. The largest absolute Gasteiger partial charge is 0.341 e. The van der Waals surface area contributed by atoms with Crippen LogP contribution in [0.1, 0.15) is 26.2 Å². The number of hydrogen-bond donors (Lipinski definition) is 1. The van der Waals surface area contributed by atoms with Crippen molar-refractivity contribution in [3.8, 4) is 0 Å². The van der Waals surface area contributed by atoms with Crippen molar-refractivity contribution >= 4 is 5.91 Å². The summed E-state index contributed by atoms with van der Waals surface area (Å²) >= 11 is 0. The maximum atomic E-state index is 12.1. The van der Waals surface area contributed by atoms with Gasteiger partial charge < -0.3 is 15.5 Å². The zero-order chi connectivity index (χ0) is 12.1. The van der Waals surface area contributed by atoms with Crippen molar-refractivity contribution in [1.82, 2.24) is 9.80 Å². The molecule has 0 saturated carbocycles. The quantitative estimate of drug-likeness (QED) is 0.745. The molecule has 1 aliphatic rings. The average Bonchev–Trinajstić information content (AvgIpc) is 2.74. The standard InChI is InChI=1S/C12H25N3O/c1-10(5-4-7-13)12(16)15-8-6-11(9-15)14(2)3/h10-11H,4-9,13H2,1-3H3. The van der Waals surface area contributed by atoms with E-state index >= 15 is 0 Å². The fourth-order valence-electron chi connectivity index (χ4n) is 2.22. The molecule has 94 valence electrons. The lowest BCUT2D eigenvalue weighted by Gasteiger charge is -2.23. The molecule has 0 aromatic heterocycles. The summed E-state index contributed by atoms with van der Waals surface area (Å²) in [7, 11) is 4.16. The highest BCUT2D eigenvalue weighted by atomic mass is 16.2. The molecule has 1 heterocycles. The van der Waals surface area contributed by atoms with Gasteiger partial charge in [0.2, 0.25) is 5.91 Å². The minimum atomic E-state index is 0.129. The minimum Gasteiger partial charge on any atom is -0.341 e. The van der Waals surface area contributed by atoms with Gasteiger partial charge in [0.05, 0.1) is 0 Å². The SMILES string of the molecule is CC(CCCN)C(=O)N1CCC(N(C)C)C1. The van der Waals surface area contributed by atoms with Gasteiger partial charge in [-0.1, -0.05) is 6.92 Å². The van der Waals surface area contributed by atoms with Crippen LogP contribution in [0.15, 0.2) is 0 Å². The molecule has 1 amide bonds. The maximum Gasteiger partial charge on any atom is 0.225 e. The molecule has 4 nitrogen and oxygen atoms in total. The first-order chi connectivity index (χ1) is 7.56. The van der Waals surface area contributed by atoms with E-state index in [1.54, 1.807) is 0 Å². The van der Waals surface area contributed by atoms with Crippen molar-refractivity contribution in [2.75, 3.05) is 33.7 Å². The van der Waals surface area contributed by atoms with Crippen LogP contribution >= 0.6 is 0 Å². The Hall–Kier alpha value is -0.610. The Bertz CT molecular complexity index is 230. The highest BCUT2D eigenvalue weighted by molar-refractivity contribution is 5.78. The fourth-order valence-corrected chi connectivity index (χ4v) is 2.22. The van der Waals surface area contributed by atoms with Crippen LogP contribution in [0.25, 0.3) is 0 Å². The van der Waals surface area contributed by atoms with Crippen molar-refractivity contribution in [2.24, 2.45) is 11.7 Å². The molecule has 0 aromatic carbocycles. The van der Waals surface area contributed by atoms with E-state index in [1.807, 2.05) is 11.8 Å². The van der Waals surface area contributed by atoms with Crippen LogP contribution in [0, 0.1) is 5.92 Å². The van der Waals surface area contributed by atoms with Crippen LogP contribution in [0.4, 0.5) is 0 Å². The van der Waals surface area contributed by atoms with Gasteiger partial charge >= 0.3 is 0 Å². The summed E-state index contributed by atoms with van der Waals surface area (Å²) in [6.07, 6.45) is 2.96. The number of likely N-dealkylation sites (tertiary alicyclic amines) is 1. The van der Waals surface area contributed by atoms with Crippen LogP contribution in [0.2, 0.25) is 0 Å². The third-order valence-corrected chi connectivity index (χ3v) is 3.47. The Labute approximate surface area is 98.8 Å². The highest BCUT2D eigenvalue weighted by Crippen LogP contribution is 2.17. The van der Waals surface area contributed by atoms with Gasteiger partial charge in [-0.15, -0.1) is 0 Å². The summed E-state index contributed by atoms with van der Waals surface area (Å²) in [6, 6.07) is 0.533. The van der Waals surface area contributed by atoms with Gasteiger partial charge in [0.15, 0.2) is 0 Å². The van der Waals surface area contributed by atoms with E-state index < -0.39 is 0 Å². The van der Waals surface area contributed by atoms with E-state index in [-0.39, 0.29) is 5.92 Å². The summed E-state index contributed by atoms with van der Waals surface area (Å²) in [4.78, 5) is 16.3. The number of carbonyl (C=O) groups excluding carboxylic acids is 1. The van der Waals surface area contributed by atoms with Crippen molar-refractivity contribution in [3.05, 3.63) is 0 Å². The topological polar surface area (TPSA) is 49.6 Å². The summed E-state index contributed by atoms with van der Waals surface area (Å²) in [6.45, 7) is 4.49. The van der Waals surface area contributed by atoms with Crippen molar-refractivity contribution < 1.29 is 4.79 Å². The summed E-state index contributed by atoms with van der Waals surface area (Å²) in [5, 5.41) is 0. The van der Waals surface area contributed by atoms with E-state index in [2.05, 4.69) is 19.0 Å². The fraction of sp³-hybridized carbons (Fsp3) is 0.917. The molecule has 1 rings (SSSR count). The number of amides is 1. The van der Waals surface area contributed by atoms with Crippen molar-refractivity contribution in [1.29, 1.82) is 0 Å². The van der Waals surface area contributed by atoms with E-state index in [4.69, 9.17) is 5.73 Å². The number of nitrogens with zero attached hydrogens (tertiary/aromatic N) is 2.